The molecule has 60 valence electrons. The molecule has 0 radical (unpaired) electrons. The van der Waals surface area contributed by atoms with Gasteiger partial charge in [0.05, 0.1) is 7.11 Å². The summed E-state index contributed by atoms with van der Waals surface area (Å²) < 4.78 is 1.61. The summed E-state index contributed by atoms with van der Waals surface area (Å²) in [5.74, 6) is -0.0214. The lowest BCUT2D eigenvalue weighted by Crippen LogP contribution is -2.24. The first-order valence-corrected chi connectivity index (χ1v) is 3.06. The second-order valence-electron chi connectivity index (χ2n) is 2.00. The fourth-order valence-electron chi connectivity index (χ4n) is 0.723. The van der Waals surface area contributed by atoms with E-state index >= 15 is 0 Å². The van der Waals surface area contributed by atoms with Crippen LogP contribution in [0.15, 0.2) is 12.4 Å². The van der Waals surface area contributed by atoms with Gasteiger partial charge in [-0.3, -0.25) is 9.63 Å². The number of amides is 1. The lowest BCUT2D eigenvalue weighted by molar-refractivity contribution is 0.0523. The molecule has 5 heteroatoms. The Labute approximate surface area is 63.9 Å². The topological polar surface area (TPSA) is 56.1 Å². The van der Waals surface area contributed by atoms with Gasteiger partial charge in [0.1, 0.15) is 0 Å². The Hall–Kier alpha value is -1.36. The van der Waals surface area contributed by atoms with Crippen LogP contribution in [0, 0.1) is 0 Å². The highest BCUT2D eigenvalue weighted by Gasteiger charge is 2.08. The average Bonchev–Trinajstić information content (AvgIpc) is 2.36. The highest BCUT2D eigenvalue weighted by Crippen LogP contribution is 1.92. The van der Waals surface area contributed by atoms with E-state index < -0.39 is 0 Å². The van der Waals surface area contributed by atoms with Crippen molar-refractivity contribution in [3.8, 4) is 0 Å². The van der Waals surface area contributed by atoms with E-state index in [4.69, 9.17) is 0 Å². The lowest BCUT2D eigenvalue weighted by Gasteiger charge is -2.00. The molecule has 1 aromatic heterocycles. The summed E-state index contributed by atoms with van der Waals surface area (Å²) in [6.45, 7) is 0. The zero-order valence-corrected chi connectivity index (χ0v) is 6.37. The number of aryl methyl sites for hydroxylation is 1. The van der Waals surface area contributed by atoms with Crippen molar-refractivity contribution in [2.45, 2.75) is 0 Å². The number of imidazole rings is 1. The van der Waals surface area contributed by atoms with Gasteiger partial charge >= 0.3 is 5.91 Å². The smallest absolute Gasteiger partial charge is 0.310 e. The number of nitrogens with zero attached hydrogens (tertiary/aromatic N) is 2. The van der Waals surface area contributed by atoms with Gasteiger partial charge in [-0.1, -0.05) is 0 Å². The normalized spacial score (nSPS) is 9.64. The van der Waals surface area contributed by atoms with Crippen LogP contribution in [0.1, 0.15) is 10.6 Å². The minimum absolute atomic E-state index is 0.326. The average molecular weight is 155 g/mol. The van der Waals surface area contributed by atoms with E-state index in [2.05, 4.69) is 15.3 Å². The Morgan fingerprint density at radius 2 is 2.55 bits per heavy atom. The molecule has 1 N–H and O–H groups in total. The molecule has 0 bridgehead atoms. The Balaban J connectivity index is 2.76. The van der Waals surface area contributed by atoms with Gasteiger partial charge in [0.25, 0.3) is 0 Å². The van der Waals surface area contributed by atoms with Gasteiger partial charge in [-0.15, -0.1) is 0 Å². The molecule has 1 amide bonds. The van der Waals surface area contributed by atoms with E-state index in [0.717, 1.165) is 0 Å². The van der Waals surface area contributed by atoms with Crippen LogP contribution < -0.4 is 5.48 Å². The highest BCUT2D eigenvalue weighted by molar-refractivity contribution is 5.89. The molecule has 0 fully saturated rings. The number of hydroxylamine groups is 1. The summed E-state index contributed by atoms with van der Waals surface area (Å²) in [6.07, 6.45) is 3.23. The van der Waals surface area contributed by atoms with Crippen molar-refractivity contribution in [3.05, 3.63) is 18.2 Å². The molecule has 0 aromatic carbocycles. The van der Waals surface area contributed by atoms with Crippen LogP contribution in [-0.2, 0) is 11.9 Å². The van der Waals surface area contributed by atoms with E-state index in [1.165, 1.54) is 7.11 Å². The van der Waals surface area contributed by atoms with Gasteiger partial charge in [-0.25, -0.2) is 10.5 Å². The fourth-order valence-corrected chi connectivity index (χ4v) is 0.723. The predicted octanol–water partition coefficient (Wildman–Crippen LogP) is -0.289. The number of hydrogen-bond acceptors (Lipinski definition) is 3. The monoisotopic (exact) mass is 155 g/mol. The second-order valence-corrected chi connectivity index (χ2v) is 2.00. The van der Waals surface area contributed by atoms with Crippen molar-refractivity contribution in [2.24, 2.45) is 7.05 Å². The molecule has 0 aliphatic heterocycles. The number of rotatable bonds is 2. The second kappa shape index (κ2) is 3.16. The van der Waals surface area contributed by atoms with Gasteiger partial charge in [-0.05, 0) is 0 Å². The Morgan fingerprint density at radius 1 is 1.82 bits per heavy atom. The summed E-state index contributed by atoms with van der Waals surface area (Å²) in [6, 6.07) is 0. The van der Waals surface area contributed by atoms with E-state index in [9.17, 15) is 4.79 Å². The van der Waals surface area contributed by atoms with E-state index in [0.29, 0.717) is 5.82 Å². The third kappa shape index (κ3) is 1.56. The van der Waals surface area contributed by atoms with Crippen LogP contribution >= 0.6 is 0 Å². The largest absolute Gasteiger partial charge is 0.330 e. The van der Waals surface area contributed by atoms with Crippen molar-refractivity contribution in [2.75, 3.05) is 7.11 Å². The van der Waals surface area contributed by atoms with Crippen LogP contribution in [0.2, 0.25) is 0 Å². The third-order valence-electron chi connectivity index (χ3n) is 1.22. The molecule has 0 aliphatic rings. The van der Waals surface area contributed by atoms with Crippen LogP contribution in [0.5, 0.6) is 0 Å². The maximum absolute atomic E-state index is 11.0. The van der Waals surface area contributed by atoms with Gasteiger partial charge in [0.15, 0.2) is 0 Å². The molecule has 1 aromatic rings. The first kappa shape index (κ1) is 7.74. The van der Waals surface area contributed by atoms with Gasteiger partial charge in [-0.2, -0.15) is 0 Å². The molecule has 0 unspecified atom stereocenters. The maximum atomic E-state index is 11.0. The fraction of sp³-hybridized carbons (Fsp3) is 0.333. The van der Waals surface area contributed by atoms with Crippen LogP contribution in [0.25, 0.3) is 0 Å². The van der Waals surface area contributed by atoms with Crippen molar-refractivity contribution < 1.29 is 9.63 Å². The maximum Gasteiger partial charge on any atom is 0.310 e. The summed E-state index contributed by atoms with van der Waals surface area (Å²) in [7, 11) is 3.11. The number of nitrogens with one attached hydrogen (secondary N) is 1. The zero-order valence-electron chi connectivity index (χ0n) is 6.37. The van der Waals surface area contributed by atoms with Gasteiger partial charge in [0.2, 0.25) is 5.82 Å². The minimum atomic E-state index is -0.347. The van der Waals surface area contributed by atoms with E-state index in [1.807, 2.05) is 0 Å². The molecule has 0 saturated heterocycles. The standard InChI is InChI=1S/C6H9N3O2/c1-9-4-3-7-5(9)6(10)8-11-2/h3-4H,1-2H3,(H,8,10). The Bertz CT molecular complexity index is 256. The van der Waals surface area contributed by atoms with Gasteiger partial charge < -0.3 is 4.57 Å². The summed E-state index contributed by atoms with van der Waals surface area (Å²) >= 11 is 0. The quantitative estimate of drug-likeness (QED) is 0.597. The van der Waals surface area contributed by atoms with Crippen LogP contribution in [0.3, 0.4) is 0 Å². The minimum Gasteiger partial charge on any atom is -0.330 e. The summed E-state index contributed by atoms with van der Waals surface area (Å²) in [5.41, 5.74) is 2.17. The zero-order chi connectivity index (χ0) is 8.27. The first-order valence-electron chi connectivity index (χ1n) is 3.06. The van der Waals surface area contributed by atoms with Crippen molar-refractivity contribution >= 4 is 5.91 Å². The number of carbonyl (C=O) groups excluding carboxylic acids is 1. The van der Waals surface area contributed by atoms with E-state index in [1.54, 1.807) is 24.0 Å². The lowest BCUT2D eigenvalue weighted by atomic mass is 10.6. The van der Waals surface area contributed by atoms with Crippen LogP contribution in [-0.4, -0.2) is 22.6 Å². The van der Waals surface area contributed by atoms with Crippen molar-refractivity contribution in [1.82, 2.24) is 15.0 Å². The van der Waals surface area contributed by atoms with E-state index in [-0.39, 0.29) is 5.91 Å². The molecular formula is C6H9N3O2. The molecule has 1 heterocycles. The first-order chi connectivity index (χ1) is 5.25. The molecule has 0 aliphatic carbocycles. The predicted molar refractivity (Wildman–Crippen MR) is 37.7 cm³/mol. The van der Waals surface area contributed by atoms with Crippen molar-refractivity contribution in [3.63, 3.8) is 0 Å². The Morgan fingerprint density at radius 3 is 3.00 bits per heavy atom. The highest BCUT2D eigenvalue weighted by atomic mass is 16.6. The number of aromatic nitrogens is 2. The SMILES string of the molecule is CONC(=O)c1nccn1C. The Kier molecular flexibility index (Phi) is 2.22. The number of hydrogen-bond donors (Lipinski definition) is 1. The number of carbonyl (C=O) groups is 1. The summed E-state index contributed by atoms with van der Waals surface area (Å²) in [4.78, 5) is 19.2. The molecule has 0 atom stereocenters. The third-order valence-corrected chi connectivity index (χ3v) is 1.22. The molecular weight excluding hydrogens is 146 g/mol. The summed E-state index contributed by atoms with van der Waals surface area (Å²) in [5, 5.41) is 0. The molecule has 5 nitrogen and oxygen atoms in total. The molecule has 0 saturated carbocycles. The molecule has 1 rings (SSSR count). The molecule has 0 spiro atoms. The van der Waals surface area contributed by atoms with Crippen LogP contribution in [0.4, 0.5) is 0 Å². The molecule has 11 heavy (non-hydrogen) atoms. The van der Waals surface area contributed by atoms with Crippen molar-refractivity contribution in [1.29, 1.82) is 0 Å². The van der Waals surface area contributed by atoms with Gasteiger partial charge in [0, 0.05) is 19.4 Å².